The lowest BCUT2D eigenvalue weighted by atomic mass is 10.1. The second kappa shape index (κ2) is 9.05. The molecule has 1 atom stereocenters. The molecular weight excluding hydrogens is 438 g/mol. The highest BCUT2D eigenvalue weighted by Crippen LogP contribution is 2.33. The smallest absolute Gasteiger partial charge is 0.246 e. The first-order valence-electron chi connectivity index (χ1n) is 11.0. The van der Waals surface area contributed by atoms with Crippen molar-refractivity contribution in [2.75, 3.05) is 13.1 Å². The van der Waals surface area contributed by atoms with Crippen molar-refractivity contribution in [3.63, 3.8) is 0 Å². The summed E-state index contributed by atoms with van der Waals surface area (Å²) in [6.45, 7) is 4.87. The van der Waals surface area contributed by atoms with Crippen LogP contribution in [0.5, 0.6) is 11.5 Å². The third-order valence-corrected chi connectivity index (χ3v) is 6.01. The molecule has 0 bridgehead atoms. The van der Waals surface area contributed by atoms with Crippen molar-refractivity contribution in [1.82, 2.24) is 19.7 Å². The van der Waals surface area contributed by atoms with Crippen LogP contribution >= 0.6 is 0 Å². The summed E-state index contributed by atoms with van der Waals surface area (Å²) in [6.07, 6.45) is 6.64. The molecular formula is C26H22F2N4O2. The monoisotopic (exact) mass is 460 g/mol. The van der Waals surface area contributed by atoms with E-state index in [2.05, 4.69) is 11.6 Å². The van der Waals surface area contributed by atoms with Gasteiger partial charge in [0.2, 0.25) is 11.7 Å². The molecule has 172 valence electrons. The van der Waals surface area contributed by atoms with Crippen molar-refractivity contribution < 1.29 is 18.3 Å². The molecule has 2 aromatic heterocycles. The minimum Gasteiger partial charge on any atom is -0.454 e. The Bertz CT molecular complexity index is 1370. The predicted molar refractivity (Wildman–Crippen MR) is 124 cm³/mol. The van der Waals surface area contributed by atoms with Crippen molar-refractivity contribution >= 4 is 16.8 Å². The van der Waals surface area contributed by atoms with Gasteiger partial charge in [-0.25, -0.2) is 4.39 Å². The number of halogens is 2. The van der Waals surface area contributed by atoms with Gasteiger partial charge in [0, 0.05) is 36.4 Å². The van der Waals surface area contributed by atoms with Gasteiger partial charge in [-0.15, -0.1) is 0 Å². The molecule has 1 saturated heterocycles. The van der Waals surface area contributed by atoms with Crippen LogP contribution in [0.1, 0.15) is 18.9 Å². The second-order valence-electron chi connectivity index (χ2n) is 8.15. The summed E-state index contributed by atoms with van der Waals surface area (Å²) >= 11 is 0. The highest BCUT2D eigenvalue weighted by Gasteiger charge is 2.26. The first kappa shape index (κ1) is 21.8. The van der Waals surface area contributed by atoms with Crippen molar-refractivity contribution in [2.24, 2.45) is 0 Å². The SMILES string of the molecule is C=CC(=O)N1CCCC(n2nc(-c3ccc(Oc4cccc(F)c4F)cc3)c3cnccc32)C1. The molecule has 1 unspecified atom stereocenters. The van der Waals surface area contributed by atoms with Crippen LogP contribution in [0.4, 0.5) is 8.78 Å². The largest absolute Gasteiger partial charge is 0.454 e. The van der Waals surface area contributed by atoms with Gasteiger partial charge in [0.15, 0.2) is 11.6 Å². The van der Waals surface area contributed by atoms with Gasteiger partial charge in [0.05, 0.1) is 11.6 Å². The molecule has 4 aromatic rings. The van der Waals surface area contributed by atoms with Crippen LogP contribution in [-0.4, -0.2) is 38.7 Å². The van der Waals surface area contributed by atoms with E-state index in [1.807, 2.05) is 22.9 Å². The number of amides is 1. The van der Waals surface area contributed by atoms with Gasteiger partial charge in [0.1, 0.15) is 11.4 Å². The average Bonchev–Trinajstić information content (AvgIpc) is 3.27. The molecule has 0 aliphatic carbocycles. The molecule has 0 radical (unpaired) electrons. The van der Waals surface area contributed by atoms with E-state index in [0.717, 1.165) is 41.1 Å². The first-order chi connectivity index (χ1) is 16.5. The lowest BCUT2D eigenvalue weighted by Crippen LogP contribution is -2.40. The number of hydrogen-bond acceptors (Lipinski definition) is 4. The van der Waals surface area contributed by atoms with Crippen molar-refractivity contribution in [3.05, 3.63) is 85.2 Å². The Labute approximate surface area is 195 Å². The van der Waals surface area contributed by atoms with E-state index in [0.29, 0.717) is 18.8 Å². The van der Waals surface area contributed by atoms with E-state index >= 15 is 0 Å². The summed E-state index contributed by atoms with van der Waals surface area (Å²) in [7, 11) is 0. The lowest BCUT2D eigenvalue weighted by molar-refractivity contribution is -0.127. The number of ether oxygens (including phenoxy) is 1. The van der Waals surface area contributed by atoms with Crippen molar-refractivity contribution in [1.29, 1.82) is 0 Å². The van der Waals surface area contributed by atoms with Gasteiger partial charge in [-0.1, -0.05) is 12.6 Å². The standard InChI is InChI=1S/C26H22F2N4O2/c1-2-24(33)31-14-4-5-18(16-31)32-22-12-13-29-15-20(22)26(30-32)17-8-10-19(11-9-17)34-23-7-3-6-21(27)25(23)28/h2-3,6-13,15,18H,1,4-5,14,16H2. The Morgan fingerprint density at radius 2 is 1.97 bits per heavy atom. The minimum atomic E-state index is -1.03. The van der Waals surface area contributed by atoms with Crippen LogP contribution in [0, 0.1) is 11.6 Å². The van der Waals surface area contributed by atoms with Crippen LogP contribution in [0.3, 0.4) is 0 Å². The van der Waals surface area contributed by atoms with E-state index in [4.69, 9.17) is 9.84 Å². The van der Waals surface area contributed by atoms with Gasteiger partial charge in [-0.05, 0) is 61.4 Å². The topological polar surface area (TPSA) is 60.2 Å². The summed E-state index contributed by atoms with van der Waals surface area (Å²) in [4.78, 5) is 18.2. The number of benzene rings is 2. The summed E-state index contributed by atoms with van der Waals surface area (Å²) in [5.74, 6) is -1.87. The van der Waals surface area contributed by atoms with E-state index < -0.39 is 11.6 Å². The second-order valence-corrected chi connectivity index (χ2v) is 8.15. The Morgan fingerprint density at radius 1 is 1.15 bits per heavy atom. The quantitative estimate of drug-likeness (QED) is 0.368. The number of aromatic nitrogens is 3. The zero-order valence-electron chi connectivity index (χ0n) is 18.3. The van der Waals surface area contributed by atoms with E-state index in [1.54, 1.807) is 29.4 Å². The van der Waals surface area contributed by atoms with Gasteiger partial charge in [-0.3, -0.25) is 14.5 Å². The Balaban J connectivity index is 1.46. The Kier molecular flexibility index (Phi) is 5.79. The molecule has 8 heteroatoms. The molecule has 5 rings (SSSR count). The Hall–Kier alpha value is -4.07. The molecule has 2 aromatic carbocycles. The third kappa shape index (κ3) is 4.03. The van der Waals surface area contributed by atoms with Gasteiger partial charge < -0.3 is 9.64 Å². The molecule has 1 aliphatic heterocycles. The summed E-state index contributed by atoms with van der Waals surface area (Å²) < 4.78 is 34.9. The number of hydrogen-bond donors (Lipinski definition) is 0. The summed E-state index contributed by atoms with van der Waals surface area (Å²) in [5, 5.41) is 5.79. The van der Waals surface area contributed by atoms with Crippen LogP contribution in [0.15, 0.2) is 73.6 Å². The van der Waals surface area contributed by atoms with Gasteiger partial charge in [0.25, 0.3) is 0 Å². The third-order valence-electron chi connectivity index (χ3n) is 6.01. The highest BCUT2D eigenvalue weighted by atomic mass is 19.2. The molecule has 1 fully saturated rings. The maximum absolute atomic E-state index is 13.9. The number of carbonyl (C=O) groups excluding carboxylic acids is 1. The number of piperidine rings is 1. The predicted octanol–water partition coefficient (Wildman–Crippen LogP) is 5.52. The minimum absolute atomic E-state index is 0.0369. The molecule has 1 amide bonds. The molecule has 34 heavy (non-hydrogen) atoms. The molecule has 6 nitrogen and oxygen atoms in total. The number of rotatable bonds is 5. The van der Waals surface area contributed by atoms with E-state index in [1.165, 1.54) is 18.2 Å². The van der Waals surface area contributed by atoms with Crippen LogP contribution in [-0.2, 0) is 4.79 Å². The number of nitrogens with zero attached hydrogens (tertiary/aromatic N) is 4. The molecule has 1 aliphatic rings. The summed E-state index contributed by atoms with van der Waals surface area (Å²) in [5.41, 5.74) is 2.52. The number of pyridine rings is 1. The number of fused-ring (bicyclic) bond motifs is 1. The highest BCUT2D eigenvalue weighted by molar-refractivity contribution is 5.93. The normalized spacial score (nSPS) is 15.9. The van der Waals surface area contributed by atoms with Crippen LogP contribution < -0.4 is 4.74 Å². The fourth-order valence-corrected chi connectivity index (χ4v) is 4.33. The zero-order valence-corrected chi connectivity index (χ0v) is 18.3. The van der Waals surface area contributed by atoms with E-state index in [9.17, 15) is 13.6 Å². The number of carbonyl (C=O) groups is 1. The van der Waals surface area contributed by atoms with E-state index in [-0.39, 0.29) is 17.7 Å². The molecule has 0 saturated carbocycles. The van der Waals surface area contributed by atoms with Crippen molar-refractivity contribution in [2.45, 2.75) is 18.9 Å². The lowest BCUT2D eigenvalue weighted by Gasteiger charge is -2.32. The molecule has 3 heterocycles. The summed E-state index contributed by atoms with van der Waals surface area (Å²) in [6, 6.07) is 12.8. The van der Waals surface area contributed by atoms with Gasteiger partial charge in [-0.2, -0.15) is 9.49 Å². The fourth-order valence-electron chi connectivity index (χ4n) is 4.33. The maximum Gasteiger partial charge on any atom is 0.246 e. The molecule has 0 N–H and O–H groups in total. The molecule has 0 spiro atoms. The van der Waals surface area contributed by atoms with Crippen molar-refractivity contribution in [3.8, 4) is 22.8 Å². The number of likely N-dealkylation sites (tertiary alicyclic amines) is 1. The zero-order chi connectivity index (χ0) is 23.7. The van der Waals surface area contributed by atoms with Gasteiger partial charge >= 0.3 is 0 Å². The first-order valence-corrected chi connectivity index (χ1v) is 11.0. The fraction of sp³-hybridized carbons (Fsp3) is 0.192. The average molecular weight is 460 g/mol. The van der Waals surface area contributed by atoms with Crippen LogP contribution in [0.2, 0.25) is 0 Å². The Morgan fingerprint density at radius 3 is 2.76 bits per heavy atom. The van der Waals surface area contributed by atoms with Crippen LogP contribution in [0.25, 0.3) is 22.2 Å². The maximum atomic E-state index is 13.9.